The Morgan fingerprint density at radius 3 is 2.40 bits per heavy atom. The van der Waals surface area contributed by atoms with Crippen molar-refractivity contribution in [2.45, 2.75) is 12.2 Å². The molecule has 0 saturated heterocycles. The third-order valence-corrected chi connectivity index (χ3v) is 6.76. The Kier molecular flexibility index (Phi) is 6.70. The van der Waals surface area contributed by atoms with Crippen LogP contribution in [0, 0.1) is 11.6 Å². The van der Waals surface area contributed by atoms with Crippen LogP contribution < -0.4 is 16.2 Å². The number of benzene rings is 3. The lowest BCUT2D eigenvalue weighted by Gasteiger charge is -2.19. The molecule has 12 heteroatoms. The first-order valence-corrected chi connectivity index (χ1v) is 12.0. The Bertz CT molecular complexity index is 1770. The highest BCUT2D eigenvalue weighted by molar-refractivity contribution is 6.31. The van der Waals surface area contributed by atoms with Gasteiger partial charge in [0.1, 0.15) is 11.6 Å². The van der Waals surface area contributed by atoms with Gasteiger partial charge in [0, 0.05) is 52.3 Å². The van der Waals surface area contributed by atoms with Gasteiger partial charge in [-0.2, -0.15) is 13.2 Å². The summed E-state index contributed by atoms with van der Waals surface area (Å²) in [5.74, 6) is -3.60. The number of carbonyl (C=O) groups is 2. The average Bonchev–Trinajstić information content (AvgIpc) is 3.22. The van der Waals surface area contributed by atoms with Crippen LogP contribution in [-0.4, -0.2) is 16.4 Å². The van der Waals surface area contributed by atoms with Gasteiger partial charge in [0.15, 0.2) is 0 Å². The van der Waals surface area contributed by atoms with Gasteiger partial charge in [0.2, 0.25) is 5.56 Å². The summed E-state index contributed by atoms with van der Waals surface area (Å²) in [5, 5.41) is 5.28. The fourth-order valence-electron chi connectivity index (χ4n) is 4.52. The van der Waals surface area contributed by atoms with E-state index in [1.807, 2.05) is 0 Å². The highest BCUT2D eigenvalue weighted by Gasteiger charge is 2.36. The highest BCUT2D eigenvalue weighted by Crippen LogP contribution is 2.42. The Balaban J connectivity index is 1.68. The molecule has 0 bridgehead atoms. The molecule has 6 nitrogen and oxygen atoms in total. The first-order chi connectivity index (χ1) is 18.8. The lowest BCUT2D eigenvalue weighted by Crippen LogP contribution is -2.21. The number of fused-ring (bicyclic) bond motifs is 1. The van der Waals surface area contributed by atoms with E-state index >= 15 is 0 Å². The Hall–Kier alpha value is -4.51. The SMILES string of the molecule is Cn1cc(-c2cc(NC(=O)c3cc(F)cc(C(F)(F)F)c3)c3c(c2)C(=O)NC3c2cc(F)ccc2Cl)ccc1=O. The molecule has 1 aliphatic heterocycles. The van der Waals surface area contributed by atoms with Crippen LogP contribution in [0.2, 0.25) is 5.02 Å². The summed E-state index contributed by atoms with van der Waals surface area (Å²) < 4.78 is 69.2. The Morgan fingerprint density at radius 2 is 1.70 bits per heavy atom. The van der Waals surface area contributed by atoms with E-state index < -0.39 is 46.8 Å². The molecule has 0 radical (unpaired) electrons. The quantitative estimate of drug-likeness (QED) is 0.290. The molecule has 1 atom stereocenters. The van der Waals surface area contributed by atoms with Crippen LogP contribution in [0.4, 0.5) is 27.6 Å². The molecule has 0 saturated carbocycles. The second-order valence-corrected chi connectivity index (χ2v) is 9.51. The molecule has 0 fully saturated rings. The minimum absolute atomic E-state index is 0.0205. The summed E-state index contributed by atoms with van der Waals surface area (Å²) in [6.45, 7) is 0. The van der Waals surface area contributed by atoms with Crippen LogP contribution in [0.25, 0.3) is 11.1 Å². The number of anilines is 1. The van der Waals surface area contributed by atoms with Gasteiger partial charge in [0.05, 0.1) is 11.6 Å². The number of rotatable bonds is 4. The van der Waals surface area contributed by atoms with Crippen molar-refractivity contribution in [2.75, 3.05) is 5.32 Å². The Morgan fingerprint density at radius 1 is 0.950 bits per heavy atom. The van der Waals surface area contributed by atoms with Gasteiger partial charge in [-0.25, -0.2) is 8.78 Å². The fourth-order valence-corrected chi connectivity index (χ4v) is 4.74. The molecule has 2 N–H and O–H groups in total. The van der Waals surface area contributed by atoms with E-state index in [-0.39, 0.29) is 39.0 Å². The molecule has 5 rings (SSSR count). The Labute approximate surface area is 228 Å². The maximum absolute atomic E-state index is 14.1. The lowest BCUT2D eigenvalue weighted by atomic mass is 9.93. The van der Waals surface area contributed by atoms with Crippen LogP contribution in [0.3, 0.4) is 0 Å². The number of nitrogens with zero attached hydrogens (tertiary/aromatic N) is 1. The number of amides is 2. The van der Waals surface area contributed by atoms with Crippen molar-refractivity contribution in [1.82, 2.24) is 9.88 Å². The summed E-state index contributed by atoms with van der Waals surface area (Å²) in [4.78, 5) is 38.1. The van der Waals surface area contributed by atoms with Crippen molar-refractivity contribution in [3.8, 4) is 11.1 Å². The maximum atomic E-state index is 14.1. The molecule has 2 amide bonds. The van der Waals surface area contributed by atoms with Crippen LogP contribution >= 0.6 is 11.6 Å². The summed E-state index contributed by atoms with van der Waals surface area (Å²) >= 11 is 6.30. The monoisotopic (exact) mass is 573 g/mol. The van der Waals surface area contributed by atoms with E-state index in [0.29, 0.717) is 23.3 Å². The zero-order valence-corrected chi connectivity index (χ0v) is 21.1. The first-order valence-electron chi connectivity index (χ1n) is 11.6. The van der Waals surface area contributed by atoms with Crippen molar-refractivity contribution in [1.29, 1.82) is 0 Å². The van der Waals surface area contributed by atoms with Crippen molar-refractivity contribution < 1.29 is 31.5 Å². The molecule has 0 spiro atoms. The van der Waals surface area contributed by atoms with Gasteiger partial charge >= 0.3 is 6.18 Å². The molecule has 40 heavy (non-hydrogen) atoms. The molecule has 1 aliphatic rings. The number of halogens is 6. The largest absolute Gasteiger partial charge is 0.416 e. The first kappa shape index (κ1) is 27.1. The van der Waals surface area contributed by atoms with Crippen LogP contribution in [0.1, 0.15) is 43.4 Å². The number of aryl methyl sites for hydroxylation is 1. The van der Waals surface area contributed by atoms with Crippen LogP contribution in [0.15, 0.2) is 71.7 Å². The molecule has 4 aromatic rings. The molecule has 2 heterocycles. The van der Waals surface area contributed by atoms with Gasteiger partial charge in [-0.15, -0.1) is 0 Å². The molecule has 204 valence electrons. The van der Waals surface area contributed by atoms with Crippen molar-refractivity contribution in [3.63, 3.8) is 0 Å². The third kappa shape index (κ3) is 5.07. The number of hydrogen-bond donors (Lipinski definition) is 2. The van der Waals surface area contributed by atoms with Gasteiger partial charge in [-0.1, -0.05) is 11.6 Å². The smallest absolute Gasteiger partial charge is 0.341 e. The number of hydrogen-bond acceptors (Lipinski definition) is 3. The van der Waals surface area contributed by atoms with Crippen LogP contribution in [0.5, 0.6) is 0 Å². The second-order valence-electron chi connectivity index (χ2n) is 9.10. The van der Waals surface area contributed by atoms with E-state index in [9.17, 15) is 36.3 Å². The van der Waals surface area contributed by atoms with E-state index in [1.54, 1.807) is 0 Å². The second kappa shape index (κ2) is 9.91. The van der Waals surface area contributed by atoms with Gasteiger partial charge in [0.25, 0.3) is 11.8 Å². The summed E-state index contributed by atoms with van der Waals surface area (Å²) in [6.07, 6.45) is -3.41. The zero-order chi connectivity index (χ0) is 28.9. The van der Waals surface area contributed by atoms with Gasteiger partial charge in [-0.3, -0.25) is 14.4 Å². The predicted octanol–water partition coefficient (Wildman–Crippen LogP) is 6.09. The van der Waals surface area contributed by atoms with Crippen LogP contribution in [-0.2, 0) is 13.2 Å². The van der Waals surface area contributed by atoms with E-state index in [2.05, 4.69) is 10.6 Å². The zero-order valence-electron chi connectivity index (χ0n) is 20.4. The molecular weight excluding hydrogens is 557 g/mol. The predicted molar refractivity (Wildman–Crippen MR) is 137 cm³/mol. The topological polar surface area (TPSA) is 80.2 Å². The molecule has 0 aliphatic carbocycles. The molecular formula is C28H17ClF5N3O3. The number of alkyl halides is 3. The number of nitrogens with one attached hydrogen (secondary N) is 2. The van der Waals surface area contributed by atoms with Crippen molar-refractivity contribution in [2.24, 2.45) is 7.05 Å². The minimum Gasteiger partial charge on any atom is -0.341 e. The van der Waals surface area contributed by atoms with Crippen molar-refractivity contribution in [3.05, 3.63) is 122 Å². The summed E-state index contributed by atoms with van der Waals surface area (Å²) in [5.41, 5.74) is -1.03. The summed E-state index contributed by atoms with van der Waals surface area (Å²) in [7, 11) is 1.51. The third-order valence-electron chi connectivity index (χ3n) is 6.41. The van der Waals surface area contributed by atoms with Crippen molar-refractivity contribution >= 4 is 29.1 Å². The highest BCUT2D eigenvalue weighted by atomic mass is 35.5. The molecule has 1 aromatic heterocycles. The van der Waals surface area contributed by atoms with E-state index in [1.165, 1.54) is 48.1 Å². The normalized spacial score (nSPS) is 14.6. The lowest BCUT2D eigenvalue weighted by molar-refractivity contribution is -0.137. The average molecular weight is 574 g/mol. The standard InChI is InChI=1S/C28H17ClF5N3O3/c1-37-12-13(2-5-23(37)38)14-8-20-24(25(36-27(20)40)19-11-17(30)3-4-21(19)29)22(9-14)35-26(39)15-6-16(28(32,33)34)10-18(31)7-15/h2-12,25H,1H3,(H,35,39)(H,36,40). The number of pyridine rings is 1. The molecule has 1 unspecified atom stereocenters. The summed E-state index contributed by atoms with van der Waals surface area (Å²) in [6, 6.07) is 9.62. The van der Waals surface area contributed by atoms with E-state index in [0.717, 1.165) is 12.1 Å². The number of aromatic nitrogens is 1. The van der Waals surface area contributed by atoms with Gasteiger partial charge in [-0.05, 0) is 65.7 Å². The maximum Gasteiger partial charge on any atom is 0.416 e. The fraction of sp³-hybridized carbons (Fsp3) is 0.107. The number of carbonyl (C=O) groups excluding carboxylic acids is 2. The minimum atomic E-state index is -4.91. The molecule has 3 aromatic carbocycles. The van der Waals surface area contributed by atoms with E-state index in [4.69, 9.17) is 11.6 Å². The van der Waals surface area contributed by atoms with Gasteiger partial charge < -0.3 is 15.2 Å².